The topological polar surface area (TPSA) is 26.3 Å². The van der Waals surface area contributed by atoms with Gasteiger partial charge < -0.3 is 4.74 Å². The molecule has 4 heteroatoms. The van der Waals surface area contributed by atoms with Crippen molar-refractivity contribution in [3.05, 3.63) is 58.3 Å². The van der Waals surface area contributed by atoms with Crippen molar-refractivity contribution in [2.45, 2.75) is 0 Å². The lowest BCUT2D eigenvalue weighted by molar-refractivity contribution is 0.0595. The van der Waals surface area contributed by atoms with Gasteiger partial charge in [0.05, 0.1) is 12.7 Å². The van der Waals surface area contributed by atoms with Crippen molar-refractivity contribution in [1.82, 2.24) is 0 Å². The molecule has 0 atom stereocenters. The molecule has 0 N–H and O–H groups in total. The Morgan fingerprint density at radius 3 is 2.28 bits per heavy atom. The number of benzene rings is 2. The van der Waals surface area contributed by atoms with E-state index < -0.39 is 11.8 Å². The number of carbonyl (C=O) groups is 1. The normalized spacial score (nSPS) is 10.2. The van der Waals surface area contributed by atoms with Crippen LogP contribution in [-0.2, 0) is 4.74 Å². The van der Waals surface area contributed by atoms with Gasteiger partial charge in [-0.25, -0.2) is 9.18 Å². The maximum atomic E-state index is 13.7. The molecule has 0 aromatic heterocycles. The molecule has 2 aromatic carbocycles. The lowest BCUT2D eigenvalue weighted by atomic mass is 10.0. The minimum Gasteiger partial charge on any atom is -0.465 e. The van der Waals surface area contributed by atoms with E-state index in [4.69, 9.17) is 0 Å². The van der Waals surface area contributed by atoms with Crippen molar-refractivity contribution in [1.29, 1.82) is 0 Å². The van der Waals surface area contributed by atoms with Crippen LogP contribution in [0, 0.1) is 5.82 Å². The summed E-state index contributed by atoms with van der Waals surface area (Å²) in [7, 11) is 1.23. The Morgan fingerprint density at radius 1 is 1.11 bits per heavy atom. The number of hydrogen-bond donors (Lipinski definition) is 0. The van der Waals surface area contributed by atoms with Gasteiger partial charge in [-0.1, -0.05) is 34.1 Å². The number of esters is 1. The maximum absolute atomic E-state index is 13.7. The summed E-state index contributed by atoms with van der Waals surface area (Å²) in [5.41, 5.74) is 1.54. The van der Waals surface area contributed by atoms with Crippen molar-refractivity contribution in [3.63, 3.8) is 0 Å². The fourth-order valence-corrected chi connectivity index (χ4v) is 1.88. The zero-order chi connectivity index (χ0) is 13.1. The standard InChI is InChI=1S/C14H10BrFO2/c1-18-14(17)12-7-4-10(8-13(12)16)9-2-5-11(15)6-3-9/h2-8H,1H3. The molecular weight excluding hydrogens is 299 g/mol. The van der Waals surface area contributed by atoms with E-state index in [1.807, 2.05) is 24.3 Å². The molecule has 0 spiro atoms. The summed E-state index contributed by atoms with van der Waals surface area (Å²) in [6, 6.07) is 11.9. The Bertz CT molecular complexity index is 579. The van der Waals surface area contributed by atoms with Crippen molar-refractivity contribution in [3.8, 4) is 11.1 Å². The van der Waals surface area contributed by atoms with Gasteiger partial charge in [0.15, 0.2) is 0 Å². The van der Waals surface area contributed by atoms with Gasteiger partial charge in [-0.15, -0.1) is 0 Å². The Morgan fingerprint density at radius 2 is 1.72 bits per heavy atom. The van der Waals surface area contributed by atoms with Gasteiger partial charge in [-0.2, -0.15) is 0 Å². The second-order valence-electron chi connectivity index (χ2n) is 3.69. The zero-order valence-corrected chi connectivity index (χ0v) is 11.2. The molecule has 0 radical (unpaired) electrons. The van der Waals surface area contributed by atoms with E-state index in [1.165, 1.54) is 19.2 Å². The van der Waals surface area contributed by atoms with E-state index in [-0.39, 0.29) is 5.56 Å². The van der Waals surface area contributed by atoms with Crippen LogP contribution in [0.1, 0.15) is 10.4 Å². The maximum Gasteiger partial charge on any atom is 0.340 e. The molecule has 0 aliphatic carbocycles. The van der Waals surface area contributed by atoms with Crippen LogP contribution in [0.15, 0.2) is 46.9 Å². The zero-order valence-electron chi connectivity index (χ0n) is 9.61. The van der Waals surface area contributed by atoms with E-state index in [9.17, 15) is 9.18 Å². The number of methoxy groups -OCH3 is 1. The summed E-state index contributed by atoms with van der Waals surface area (Å²) in [5, 5.41) is 0. The first-order valence-corrected chi connectivity index (χ1v) is 6.05. The molecular formula is C14H10BrFO2. The lowest BCUT2D eigenvalue weighted by Crippen LogP contribution is -2.04. The molecule has 0 aliphatic heterocycles. The highest BCUT2D eigenvalue weighted by atomic mass is 79.9. The van der Waals surface area contributed by atoms with Gasteiger partial charge in [0.2, 0.25) is 0 Å². The van der Waals surface area contributed by atoms with Crippen LogP contribution in [0.2, 0.25) is 0 Å². The third-order valence-corrected chi connectivity index (χ3v) is 3.08. The lowest BCUT2D eigenvalue weighted by Gasteiger charge is -2.05. The molecule has 18 heavy (non-hydrogen) atoms. The van der Waals surface area contributed by atoms with Crippen LogP contribution < -0.4 is 0 Å². The Balaban J connectivity index is 2.40. The predicted octanol–water partition coefficient (Wildman–Crippen LogP) is 4.04. The Labute approximate surface area is 113 Å². The summed E-state index contributed by atoms with van der Waals surface area (Å²) in [5.74, 6) is -1.25. The quantitative estimate of drug-likeness (QED) is 0.783. The van der Waals surface area contributed by atoms with E-state index in [0.29, 0.717) is 5.56 Å². The molecule has 0 amide bonds. The molecule has 2 aromatic rings. The Hall–Kier alpha value is -1.68. The van der Waals surface area contributed by atoms with E-state index >= 15 is 0 Å². The van der Waals surface area contributed by atoms with Crippen LogP contribution in [-0.4, -0.2) is 13.1 Å². The van der Waals surface area contributed by atoms with Gasteiger partial charge >= 0.3 is 5.97 Å². The summed E-state index contributed by atoms with van der Waals surface area (Å²) >= 11 is 3.34. The summed E-state index contributed by atoms with van der Waals surface area (Å²) < 4.78 is 19.2. The number of rotatable bonds is 2. The molecule has 0 aliphatic rings. The summed E-state index contributed by atoms with van der Waals surface area (Å²) in [4.78, 5) is 11.3. The molecule has 2 nitrogen and oxygen atoms in total. The summed E-state index contributed by atoms with van der Waals surface area (Å²) in [6.45, 7) is 0. The second-order valence-corrected chi connectivity index (χ2v) is 4.61. The number of hydrogen-bond acceptors (Lipinski definition) is 2. The molecule has 0 unspecified atom stereocenters. The monoisotopic (exact) mass is 308 g/mol. The van der Waals surface area contributed by atoms with Gasteiger partial charge in [0.25, 0.3) is 0 Å². The second kappa shape index (κ2) is 5.31. The number of ether oxygens (including phenoxy) is 1. The van der Waals surface area contributed by atoms with Gasteiger partial charge in [-0.05, 0) is 35.4 Å². The summed E-state index contributed by atoms with van der Waals surface area (Å²) in [6.07, 6.45) is 0. The van der Waals surface area contributed by atoms with Crippen LogP contribution in [0.3, 0.4) is 0 Å². The predicted molar refractivity (Wildman–Crippen MR) is 70.9 cm³/mol. The SMILES string of the molecule is COC(=O)c1ccc(-c2ccc(Br)cc2)cc1F. The van der Waals surface area contributed by atoms with Crippen molar-refractivity contribution in [2.24, 2.45) is 0 Å². The first kappa shape index (κ1) is 12.8. The largest absolute Gasteiger partial charge is 0.465 e. The molecule has 92 valence electrons. The van der Waals surface area contributed by atoms with E-state index in [0.717, 1.165) is 10.0 Å². The third kappa shape index (κ3) is 2.59. The fourth-order valence-electron chi connectivity index (χ4n) is 1.61. The highest BCUT2D eigenvalue weighted by molar-refractivity contribution is 9.10. The first-order valence-electron chi connectivity index (χ1n) is 5.25. The average Bonchev–Trinajstić information content (AvgIpc) is 2.38. The minimum absolute atomic E-state index is 0.0571. The van der Waals surface area contributed by atoms with Crippen LogP contribution in [0.5, 0.6) is 0 Å². The van der Waals surface area contributed by atoms with Crippen LogP contribution in [0.25, 0.3) is 11.1 Å². The van der Waals surface area contributed by atoms with Crippen LogP contribution >= 0.6 is 15.9 Å². The van der Waals surface area contributed by atoms with Crippen molar-refractivity contribution >= 4 is 21.9 Å². The molecule has 0 bridgehead atoms. The molecule has 0 heterocycles. The first-order chi connectivity index (χ1) is 8.61. The van der Waals surface area contributed by atoms with Gasteiger partial charge in [0.1, 0.15) is 5.82 Å². The van der Waals surface area contributed by atoms with Gasteiger partial charge in [-0.3, -0.25) is 0 Å². The minimum atomic E-state index is -0.671. The smallest absolute Gasteiger partial charge is 0.340 e. The van der Waals surface area contributed by atoms with E-state index in [2.05, 4.69) is 20.7 Å². The molecule has 2 rings (SSSR count). The van der Waals surface area contributed by atoms with Gasteiger partial charge in [0, 0.05) is 4.47 Å². The van der Waals surface area contributed by atoms with E-state index in [1.54, 1.807) is 6.07 Å². The number of carbonyl (C=O) groups excluding carboxylic acids is 1. The molecule has 0 saturated heterocycles. The average molecular weight is 309 g/mol. The third-order valence-electron chi connectivity index (χ3n) is 2.55. The highest BCUT2D eigenvalue weighted by Crippen LogP contribution is 2.24. The molecule has 0 fully saturated rings. The Kier molecular flexibility index (Phi) is 3.77. The van der Waals surface area contributed by atoms with Crippen molar-refractivity contribution < 1.29 is 13.9 Å². The van der Waals surface area contributed by atoms with Crippen molar-refractivity contribution in [2.75, 3.05) is 7.11 Å². The fraction of sp³-hybridized carbons (Fsp3) is 0.0714. The highest BCUT2D eigenvalue weighted by Gasteiger charge is 2.12. The number of halogens is 2. The van der Waals surface area contributed by atoms with Crippen LogP contribution in [0.4, 0.5) is 4.39 Å². The molecule has 0 saturated carbocycles.